The molecule has 0 radical (unpaired) electrons. The van der Waals surface area contributed by atoms with Crippen LogP contribution in [0.5, 0.6) is 0 Å². The van der Waals surface area contributed by atoms with E-state index in [4.69, 9.17) is 0 Å². The maximum atomic E-state index is 12.5. The van der Waals surface area contributed by atoms with Gasteiger partial charge >= 0.3 is 0 Å². The fourth-order valence-corrected chi connectivity index (χ4v) is 4.09. The Hall–Kier alpha value is -1.82. The molecular weight excluding hydrogens is 344 g/mol. The van der Waals surface area contributed by atoms with Gasteiger partial charge in [-0.2, -0.15) is 0 Å². The number of likely N-dealkylation sites (tertiary alicyclic amines) is 1. The number of amides is 1. The summed E-state index contributed by atoms with van der Waals surface area (Å²) in [6.45, 7) is 10.3. The lowest BCUT2D eigenvalue weighted by molar-refractivity contribution is -0.129. The molecule has 1 atom stereocenters. The number of rotatable bonds is 4. The van der Waals surface area contributed by atoms with Crippen molar-refractivity contribution in [3.63, 3.8) is 0 Å². The van der Waals surface area contributed by atoms with Gasteiger partial charge in [0.1, 0.15) is 0 Å². The molecule has 26 heavy (non-hydrogen) atoms. The zero-order valence-corrected chi connectivity index (χ0v) is 17.1. The Morgan fingerprint density at radius 2 is 1.73 bits per heavy atom. The Balaban J connectivity index is 1.74. The van der Waals surface area contributed by atoms with E-state index in [2.05, 4.69) is 55.2 Å². The highest BCUT2D eigenvalue weighted by atomic mass is 32.2. The number of hydrogen-bond donors (Lipinski definition) is 0. The monoisotopic (exact) mass is 372 g/mol. The van der Waals surface area contributed by atoms with E-state index in [1.807, 2.05) is 23.4 Å². The van der Waals surface area contributed by atoms with E-state index in [1.54, 1.807) is 0 Å². The fourth-order valence-electron chi connectivity index (χ4n) is 3.19. The van der Waals surface area contributed by atoms with Crippen molar-refractivity contribution >= 4 is 17.7 Å². The number of thioether (sulfide) groups is 1. The number of aromatic nitrogens is 3. The minimum atomic E-state index is -0.146. The SMILES string of the molecule is CC(Sc1nnc(-c2ccc(C(C)(C)C)cc2)n1C)C(=O)N1CCCC1. The molecule has 1 aliphatic rings. The maximum Gasteiger partial charge on any atom is 0.235 e. The van der Waals surface area contributed by atoms with Crippen LogP contribution in [-0.4, -0.2) is 43.9 Å². The summed E-state index contributed by atoms with van der Waals surface area (Å²) in [7, 11) is 1.96. The van der Waals surface area contributed by atoms with Crippen molar-refractivity contribution < 1.29 is 4.79 Å². The molecule has 1 aromatic heterocycles. The Morgan fingerprint density at radius 3 is 2.31 bits per heavy atom. The standard InChI is InChI=1S/C20H28N4OS/c1-14(18(25)24-12-6-7-13-24)26-19-22-21-17(23(19)5)15-8-10-16(11-9-15)20(2,3)4/h8-11,14H,6-7,12-13H2,1-5H3. The first kappa shape index (κ1) is 19.0. The van der Waals surface area contributed by atoms with Crippen molar-refractivity contribution in [3.05, 3.63) is 29.8 Å². The summed E-state index contributed by atoms with van der Waals surface area (Å²) in [6, 6.07) is 8.49. The van der Waals surface area contributed by atoms with Gasteiger partial charge in [-0.1, -0.05) is 56.8 Å². The maximum absolute atomic E-state index is 12.5. The predicted octanol–water partition coefficient (Wildman–Crippen LogP) is 3.88. The number of carbonyl (C=O) groups excluding carboxylic acids is 1. The van der Waals surface area contributed by atoms with Crippen LogP contribution >= 0.6 is 11.8 Å². The van der Waals surface area contributed by atoms with E-state index in [9.17, 15) is 4.79 Å². The van der Waals surface area contributed by atoms with Crippen LogP contribution in [0.4, 0.5) is 0 Å². The van der Waals surface area contributed by atoms with E-state index < -0.39 is 0 Å². The number of carbonyl (C=O) groups is 1. The van der Waals surface area contributed by atoms with Gasteiger partial charge < -0.3 is 9.47 Å². The number of nitrogens with zero attached hydrogens (tertiary/aromatic N) is 4. The molecule has 0 spiro atoms. The van der Waals surface area contributed by atoms with Gasteiger partial charge in [0.05, 0.1) is 5.25 Å². The molecule has 1 fully saturated rings. The topological polar surface area (TPSA) is 51.0 Å². The fraction of sp³-hybridized carbons (Fsp3) is 0.550. The first-order valence-electron chi connectivity index (χ1n) is 9.23. The third-order valence-corrected chi connectivity index (χ3v) is 6.01. The molecule has 2 heterocycles. The number of benzene rings is 1. The molecule has 0 N–H and O–H groups in total. The molecule has 1 amide bonds. The molecule has 2 aromatic rings. The average Bonchev–Trinajstić information content (AvgIpc) is 3.24. The van der Waals surface area contributed by atoms with Crippen LogP contribution in [0, 0.1) is 0 Å². The second-order valence-electron chi connectivity index (χ2n) is 7.99. The summed E-state index contributed by atoms with van der Waals surface area (Å²) < 4.78 is 1.98. The lowest BCUT2D eigenvalue weighted by Crippen LogP contribution is -2.34. The van der Waals surface area contributed by atoms with Crippen LogP contribution in [0.1, 0.15) is 46.1 Å². The van der Waals surface area contributed by atoms with Crippen molar-refractivity contribution in [2.24, 2.45) is 7.05 Å². The van der Waals surface area contributed by atoms with Crippen LogP contribution in [0.2, 0.25) is 0 Å². The Morgan fingerprint density at radius 1 is 1.12 bits per heavy atom. The Labute approximate surface area is 160 Å². The molecule has 5 nitrogen and oxygen atoms in total. The number of hydrogen-bond acceptors (Lipinski definition) is 4. The van der Waals surface area contributed by atoms with Crippen molar-refractivity contribution in [3.8, 4) is 11.4 Å². The van der Waals surface area contributed by atoms with Gasteiger partial charge in [0.25, 0.3) is 0 Å². The molecule has 3 rings (SSSR count). The van der Waals surface area contributed by atoms with E-state index >= 15 is 0 Å². The largest absolute Gasteiger partial charge is 0.342 e. The minimum Gasteiger partial charge on any atom is -0.342 e. The molecular formula is C20H28N4OS. The molecule has 1 aromatic carbocycles. The summed E-state index contributed by atoms with van der Waals surface area (Å²) in [4.78, 5) is 14.5. The normalized spacial score (nSPS) is 16.1. The molecule has 1 saturated heterocycles. The first-order valence-corrected chi connectivity index (χ1v) is 10.1. The van der Waals surface area contributed by atoms with Crippen molar-refractivity contribution in [1.29, 1.82) is 0 Å². The zero-order valence-electron chi connectivity index (χ0n) is 16.3. The summed E-state index contributed by atoms with van der Waals surface area (Å²) in [5, 5.41) is 9.30. The second-order valence-corrected chi connectivity index (χ2v) is 9.29. The van der Waals surface area contributed by atoms with Gasteiger partial charge in [-0.25, -0.2) is 0 Å². The minimum absolute atomic E-state index is 0.130. The second kappa shape index (κ2) is 7.43. The summed E-state index contributed by atoms with van der Waals surface area (Å²) in [5.74, 6) is 1.03. The quantitative estimate of drug-likeness (QED) is 0.764. The van der Waals surface area contributed by atoms with Gasteiger partial charge in [0.2, 0.25) is 5.91 Å². The molecule has 0 saturated carbocycles. The van der Waals surface area contributed by atoms with Gasteiger partial charge in [-0.05, 0) is 30.7 Å². The molecule has 1 unspecified atom stereocenters. The molecule has 1 aliphatic heterocycles. The van der Waals surface area contributed by atoms with Crippen LogP contribution < -0.4 is 0 Å². The zero-order chi connectivity index (χ0) is 18.9. The highest BCUT2D eigenvalue weighted by Gasteiger charge is 2.26. The first-order chi connectivity index (χ1) is 12.3. The van der Waals surface area contributed by atoms with E-state index in [1.165, 1.54) is 17.3 Å². The van der Waals surface area contributed by atoms with Crippen molar-refractivity contribution in [2.45, 2.75) is 56.4 Å². The summed E-state index contributed by atoms with van der Waals surface area (Å²) >= 11 is 1.49. The highest BCUT2D eigenvalue weighted by molar-refractivity contribution is 8.00. The van der Waals surface area contributed by atoms with E-state index in [0.29, 0.717) is 0 Å². The van der Waals surface area contributed by atoms with Crippen LogP contribution in [0.3, 0.4) is 0 Å². The molecule has 0 aliphatic carbocycles. The average molecular weight is 373 g/mol. The molecule has 6 heteroatoms. The summed E-state index contributed by atoms with van der Waals surface area (Å²) in [5.41, 5.74) is 2.46. The molecule has 140 valence electrons. The van der Waals surface area contributed by atoms with Crippen molar-refractivity contribution in [2.75, 3.05) is 13.1 Å². The van der Waals surface area contributed by atoms with Crippen LogP contribution in [-0.2, 0) is 17.3 Å². The highest BCUT2D eigenvalue weighted by Crippen LogP contribution is 2.29. The lowest BCUT2D eigenvalue weighted by Gasteiger charge is -2.19. The Kier molecular flexibility index (Phi) is 5.42. The molecule has 0 bridgehead atoms. The van der Waals surface area contributed by atoms with Gasteiger partial charge in [-0.3, -0.25) is 4.79 Å². The predicted molar refractivity (Wildman–Crippen MR) is 106 cm³/mol. The van der Waals surface area contributed by atoms with Gasteiger partial charge in [0.15, 0.2) is 11.0 Å². The lowest BCUT2D eigenvalue weighted by atomic mass is 9.87. The Bertz CT molecular complexity index is 770. The van der Waals surface area contributed by atoms with Crippen LogP contribution in [0.25, 0.3) is 11.4 Å². The third kappa shape index (κ3) is 3.95. The van der Waals surface area contributed by atoms with Crippen molar-refractivity contribution in [1.82, 2.24) is 19.7 Å². The van der Waals surface area contributed by atoms with Crippen LogP contribution in [0.15, 0.2) is 29.4 Å². The van der Waals surface area contributed by atoms with E-state index in [0.717, 1.165) is 42.5 Å². The van der Waals surface area contributed by atoms with Gasteiger partial charge in [-0.15, -0.1) is 10.2 Å². The van der Waals surface area contributed by atoms with Gasteiger partial charge in [0, 0.05) is 25.7 Å². The van der Waals surface area contributed by atoms with E-state index in [-0.39, 0.29) is 16.6 Å². The smallest absolute Gasteiger partial charge is 0.235 e. The third-order valence-electron chi connectivity index (χ3n) is 4.89. The summed E-state index contributed by atoms with van der Waals surface area (Å²) in [6.07, 6.45) is 2.23.